The van der Waals surface area contributed by atoms with Crippen LogP contribution in [0.2, 0.25) is 0 Å². The molecule has 3 aromatic rings. The molecule has 0 saturated carbocycles. The lowest BCUT2D eigenvalue weighted by molar-refractivity contribution is 0.00859. The van der Waals surface area contributed by atoms with Gasteiger partial charge in [0.05, 0.1) is 14.2 Å². The summed E-state index contributed by atoms with van der Waals surface area (Å²) in [6, 6.07) is 13.5. The molecule has 0 amide bonds. The van der Waals surface area contributed by atoms with E-state index >= 15 is 0 Å². The Kier molecular flexibility index (Phi) is 8.29. The number of benzene rings is 2. The summed E-state index contributed by atoms with van der Waals surface area (Å²) in [4.78, 5) is 1.91. The van der Waals surface area contributed by atoms with Gasteiger partial charge < -0.3 is 14.4 Å². The summed E-state index contributed by atoms with van der Waals surface area (Å²) in [5.41, 5.74) is 2.10. The number of anilines is 1. The van der Waals surface area contributed by atoms with Crippen molar-refractivity contribution >= 4 is 21.9 Å². The Balaban J connectivity index is 1.81. The molecule has 0 fully saturated rings. The van der Waals surface area contributed by atoms with Crippen molar-refractivity contribution in [1.82, 2.24) is 14.8 Å². The summed E-state index contributed by atoms with van der Waals surface area (Å²) in [6.07, 6.45) is 1.02. The summed E-state index contributed by atoms with van der Waals surface area (Å²) in [6.45, 7) is 1.58. The van der Waals surface area contributed by atoms with Crippen LogP contribution in [-0.4, -0.2) is 42.0 Å². The Labute approximate surface area is 201 Å². The fourth-order valence-corrected chi connectivity index (χ4v) is 3.88. The number of rotatable bonds is 11. The van der Waals surface area contributed by atoms with Gasteiger partial charge in [0.2, 0.25) is 11.9 Å². The number of aryl methyl sites for hydroxylation is 2. The first-order valence-corrected chi connectivity index (χ1v) is 11.5. The number of nitrogens with zero attached hydrogens (tertiary/aromatic N) is 4. The molecular formula is C24H29BrF2N4O2. The highest BCUT2D eigenvalue weighted by molar-refractivity contribution is 9.10. The van der Waals surface area contributed by atoms with Crippen molar-refractivity contribution in [2.45, 2.75) is 45.2 Å². The molecule has 178 valence electrons. The van der Waals surface area contributed by atoms with E-state index in [4.69, 9.17) is 9.47 Å². The molecule has 0 aliphatic carbocycles. The van der Waals surface area contributed by atoms with E-state index in [1.54, 1.807) is 18.8 Å². The third-order valence-corrected chi connectivity index (χ3v) is 6.15. The number of hydrogen-bond donors (Lipinski definition) is 0. The molecule has 0 atom stereocenters. The molecule has 0 saturated heterocycles. The largest absolute Gasteiger partial charge is 0.497 e. The van der Waals surface area contributed by atoms with Crippen LogP contribution >= 0.6 is 15.9 Å². The van der Waals surface area contributed by atoms with Crippen LogP contribution in [0.5, 0.6) is 11.5 Å². The summed E-state index contributed by atoms with van der Waals surface area (Å²) < 4.78 is 40.6. The van der Waals surface area contributed by atoms with E-state index in [1.807, 2.05) is 54.4 Å². The molecule has 0 aliphatic rings. The Morgan fingerprint density at radius 2 is 1.67 bits per heavy atom. The van der Waals surface area contributed by atoms with Gasteiger partial charge in [0, 0.05) is 37.5 Å². The SMILES string of the molecule is COc1ccc(CCc2nnc(N(C)Cc3cc(OC)ccc3Br)n2CCC(C)(F)F)cc1. The molecule has 0 spiro atoms. The van der Waals surface area contributed by atoms with Crippen molar-refractivity contribution in [3.63, 3.8) is 0 Å². The van der Waals surface area contributed by atoms with E-state index in [0.29, 0.717) is 24.7 Å². The predicted octanol–water partition coefficient (Wildman–Crippen LogP) is 5.52. The van der Waals surface area contributed by atoms with Crippen LogP contribution in [0.15, 0.2) is 46.9 Å². The molecule has 3 rings (SSSR count). The van der Waals surface area contributed by atoms with Crippen LogP contribution in [0.25, 0.3) is 0 Å². The van der Waals surface area contributed by atoms with Gasteiger partial charge in [0.25, 0.3) is 0 Å². The Bertz CT molecular complexity index is 1050. The highest BCUT2D eigenvalue weighted by atomic mass is 79.9. The monoisotopic (exact) mass is 522 g/mol. The van der Waals surface area contributed by atoms with Crippen molar-refractivity contribution in [2.75, 3.05) is 26.2 Å². The van der Waals surface area contributed by atoms with Gasteiger partial charge in [-0.1, -0.05) is 28.1 Å². The molecule has 1 aromatic heterocycles. The van der Waals surface area contributed by atoms with Crippen LogP contribution < -0.4 is 14.4 Å². The maximum atomic E-state index is 13.7. The van der Waals surface area contributed by atoms with E-state index in [1.165, 1.54) is 0 Å². The van der Waals surface area contributed by atoms with E-state index < -0.39 is 5.92 Å². The zero-order chi connectivity index (χ0) is 24.0. The number of aromatic nitrogens is 3. The standard InChI is InChI=1S/C24H29BrF2N4O2/c1-24(26,27)13-14-31-22(12-7-17-5-8-19(32-3)9-6-17)28-29-23(31)30(2)16-18-15-20(33-4)10-11-21(18)25/h5-6,8-11,15H,7,12-14,16H2,1-4H3. The lowest BCUT2D eigenvalue weighted by Crippen LogP contribution is -2.23. The van der Waals surface area contributed by atoms with Gasteiger partial charge in [0.15, 0.2) is 0 Å². The molecule has 6 nitrogen and oxygen atoms in total. The first kappa shape index (κ1) is 25.0. The molecule has 0 bridgehead atoms. The smallest absolute Gasteiger partial charge is 0.247 e. The number of hydrogen-bond acceptors (Lipinski definition) is 5. The number of alkyl halides is 2. The lowest BCUT2D eigenvalue weighted by atomic mass is 10.1. The van der Waals surface area contributed by atoms with Gasteiger partial charge in [-0.05, 0) is 54.8 Å². The van der Waals surface area contributed by atoms with E-state index in [0.717, 1.165) is 40.4 Å². The van der Waals surface area contributed by atoms with Crippen LogP contribution in [0.4, 0.5) is 14.7 Å². The third kappa shape index (κ3) is 6.90. The quantitative estimate of drug-likeness (QED) is 0.331. The zero-order valence-corrected chi connectivity index (χ0v) is 20.9. The van der Waals surface area contributed by atoms with Crippen molar-refractivity contribution < 1.29 is 18.3 Å². The third-order valence-electron chi connectivity index (χ3n) is 5.38. The van der Waals surface area contributed by atoms with E-state index in [-0.39, 0.29) is 13.0 Å². The molecule has 0 unspecified atom stereocenters. The van der Waals surface area contributed by atoms with Gasteiger partial charge in [-0.15, -0.1) is 10.2 Å². The second-order valence-electron chi connectivity index (χ2n) is 8.05. The minimum Gasteiger partial charge on any atom is -0.497 e. The number of ether oxygens (including phenoxy) is 2. The average molecular weight is 523 g/mol. The molecule has 0 radical (unpaired) electrons. The lowest BCUT2D eigenvalue weighted by Gasteiger charge is -2.22. The summed E-state index contributed by atoms with van der Waals surface area (Å²) >= 11 is 3.57. The van der Waals surface area contributed by atoms with Crippen molar-refractivity contribution in [2.24, 2.45) is 0 Å². The first-order chi connectivity index (χ1) is 15.7. The molecule has 2 aromatic carbocycles. The van der Waals surface area contributed by atoms with Gasteiger partial charge in [-0.3, -0.25) is 4.57 Å². The fraction of sp³-hybridized carbons (Fsp3) is 0.417. The van der Waals surface area contributed by atoms with Crippen LogP contribution in [0.3, 0.4) is 0 Å². The van der Waals surface area contributed by atoms with E-state index in [2.05, 4.69) is 26.1 Å². The second-order valence-corrected chi connectivity index (χ2v) is 8.90. The number of methoxy groups -OCH3 is 2. The minimum atomic E-state index is -2.77. The summed E-state index contributed by atoms with van der Waals surface area (Å²) in [5.74, 6) is -0.00248. The Hall–Kier alpha value is -2.68. The van der Waals surface area contributed by atoms with Gasteiger partial charge >= 0.3 is 0 Å². The Morgan fingerprint density at radius 1 is 1.00 bits per heavy atom. The van der Waals surface area contributed by atoms with Crippen LogP contribution in [-0.2, 0) is 25.9 Å². The van der Waals surface area contributed by atoms with Crippen molar-refractivity contribution in [3.05, 3.63) is 63.9 Å². The van der Waals surface area contributed by atoms with Crippen molar-refractivity contribution in [1.29, 1.82) is 0 Å². The highest BCUT2D eigenvalue weighted by Gasteiger charge is 2.24. The average Bonchev–Trinajstić information content (AvgIpc) is 3.20. The maximum absolute atomic E-state index is 13.7. The minimum absolute atomic E-state index is 0.132. The van der Waals surface area contributed by atoms with Gasteiger partial charge in [-0.2, -0.15) is 0 Å². The maximum Gasteiger partial charge on any atom is 0.247 e. The molecule has 0 N–H and O–H groups in total. The second kappa shape index (κ2) is 11.0. The van der Waals surface area contributed by atoms with Crippen molar-refractivity contribution in [3.8, 4) is 11.5 Å². The van der Waals surface area contributed by atoms with Crippen LogP contribution in [0.1, 0.15) is 30.3 Å². The van der Waals surface area contributed by atoms with E-state index in [9.17, 15) is 8.78 Å². The molecule has 9 heteroatoms. The topological polar surface area (TPSA) is 52.4 Å². The predicted molar refractivity (Wildman–Crippen MR) is 128 cm³/mol. The summed E-state index contributed by atoms with van der Waals surface area (Å²) in [7, 11) is 5.13. The van der Waals surface area contributed by atoms with Gasteiger partial charge in [-0.25, -0.2) is 8.78 Å². The van der Waals surface area contributed by atoms with Crippen LogP contribution in [0, 0.1) is 0 Å². The van der Waals surface area contributed by atoms with Gasteiger partial charge in [0.1, 0.15) is 17.3 Å². The normalized spacial score (nSPS) is 11.5. The molecule has 33 heavy (non-hydrogen) atoms. The zero-order valence-electron chi connectivity index (χ0n) is 19.3. The fourth-order valence-electron chi connectivity index (χ4n) is 3.50. The molecule has 0 aliphatic heterocycles. The molecular weight excluding hydrogens is 494 g/mol. The molecule has 1 heterocycles. The summed E-state index contributed by atoms with van der Waals surface area (Å²) in [5, 5.41) is 8.70. The number of halogens is 3. The Morgan fingerprint density at radius 3 is 2.30 bits per heavy atom. The first-order valence-electron chi connectivity index (χ1n) is 10.7. The highest BCUT2D eigenvalue weighted by Crippen LogP contribution is 2.26.